The molecule has 3 N–H and O–H groups in total. The lowest BCUT2D eigenvalue weighted by Crippen LogP contribution is -2.49. The number of aromatic hydroxyl groups is 1. The lowest BCUT2D eigenvalue weighted by Gasteiger charge is -2.36. The van der Waals surface area contributed by atoms with E-state index in [1.165, 1.54) is 41.0 Å². The number of nitrogens with one attached hydrogen (secondary N) is 2. The van der Waals surface area contributed by atoms with Crippen LogP contribution >= 0.6 is 0 Å². The quantitative estimate of drug-likeness (QED) is 0.465. The summed E-state index contributed by atoms with van der Waals surface area (Å²) in [6.45, 7) is 0.299. The van der Waals surface area contributed by atoms with Gasteiger partial charge < -0.3 is 10.4 Å². The third-order valence-corrected chi connectivity index (χ3v) is 8.49. The number of carbonyl (C=O) groups is 1. The number of benzene rings is 2. The maximum absolute atomic E-state index is 13.3. The lowest BCUT2D eigenvalue weighted by atomic mass is 9.78. The van der Waals surface area contributed by atoms with Gasteiger partial charge in [0.05, 0.1) is 10.4 Å². The summed E-state index contributed by atoms with van der Waals surface area (Å²) < 4.78 is 43.8. The summed E-state index contributed by atoms with van der Waals surface area (Å²) in [6.07, 6.45) is 2.12. The Morgan fingerprint density at radius 1 is 1.11 bits per heavy atom. The predicted octanol–water partition coefficient (Wildman–Crippen LogP) is 2.40. The van der Waals surface area contributed by atoms with E-state index >= 15 is 0 Å². The van der Waals surface area contributed by atoms with E-state index in [4.69, 9.17) is 0 Å². The summed E-state index contributed by atoms with van der Waals surface area (Å²) >= 11 is 0. The van der Waals surface area contributed by atoms with Crippen LogP contribution in [0.15, 0.2) is 64.3 Å². The standard InChI is InChI=1S/C25H25FN4O5S/c26-18-8-6-16(7-9-18)14-27-22(32)20-21(31)23(33)30-15-17-10-12-25(13-11-17,24(30)28-20)29-36(34,35)19-4-2-1-3-5-19/h1-9,17,29,31H,10-15H2,(H,27,32). The summed E-state index contributed by atoms with van der Waals surface area (Å²) in [7, 11) is -3.97. The third kappa shape index (κ3) is 4.40. The molecule has 0 radical (unpaired) electrons. The highest BCUT2D eigenvalue weighted by molar-refractivity contribution is 7.89. The molecule has 2 aromatic carbocycles. The molecule has 6 rings (SSSR count). The fourth-order valence-corrected chi connectivity index (χ4v) is 6.45. The number of aromatic nitrogens is 2. The number of carbonyl (C=O) groups excluding carboxylic acids is 1. The number of nitrogens with zero attached hydrogens (tertiary/aromatic N) is 2. The van der Waals surface area contributed by atoms with Crippen LogP contribution in [0.5, 0.6) is 5.75 Å². The lowest BCUT2D eigenvalue weighted by molar-refractivity contribution is 0.0941. The highest BCUT2D eigenvalue weighted by Gasteiger charge is 2.47. The number of hydrogen-bond donors (Lipinski definition) is 3. The van der Waals surface area contributed by atoms with E-state index < -0.39 is 44.3 Å². The summed E-state index contributed by atoms with van der Waals surface area (Å²) in [5.41, 5.74) is -1.86. The van der Waals surface area contributed by atoms with Crippen molar-refractivity contribution in [3.63, 3.8) is 0 Å². The molecule has 1 aromatic heterocycles. The molecule has 0 saturated heterocycles. The van der Waals surface area contributed by atoms with Crippen molar-refractivity contribution in [2.24, 2.45) is 5.92 Å². The molecule has 0 spiro atoms. The average Bonchev–Trinajstić information content (AvgIpc) is 3.12. The van der Waals surface area contributed by atoms with E-state index in [1.54, 1.807) is 18.2 Å². The van der Waals surface area contributed by atoms with Crippen LogP contribution in [0, 0.1) is 11.7 Å². The van der Waals surface area contributed by atoms with Gasteiger partial charge in [-0.15, -0.1) is 0 Å². The van der Waals surface area contributed by atoms with E-state index in [0.717, 1.165) is 0 Å². The highest BCUT2D eigenvalue weighted by Crippen LogP contribution is 2.43. The zero-order chi connectivity index (χ0) is 25.5. The van der Waals surface area contributed by atoms with E-state index in [2.05, 4.69) is 15.0 Å². The summed E-state index contributed by atoms with van der Waals surface area (Å²) in [6, 6.07) is 13.4. The first kappa shape index (κ1) is 24.1. The summed E-state index contributed by atoms with van der Waals surface area (Å²) in [5, 5.41) is 13.2. The summed E-state index contributed by atoms with van der Waals surface area (Å²) in [5.74, 6) is -1.76. The van der Waals surface area contributed by atoms with Crippen LogP contribution in [0.25, 0.3) is 0 Å². The molecule has 3 aromatic rings. The Labute approximate surface area is 207 Å². The second kappa shape index (κ2) is 9.14. The van der Waals surface area contributed by atoms with Crippen molar-refractivity contribution in [2.75, 3.05) is 0 Å². The van der Waals surface area contributed by atoms with Gasteiger partial charge in [0.15, 0.2) is 5.69 Å². The van der Waals surface area contributed by atoms with Crippen molar-refractivity contribution in [3.8, 4) is 5.75 Å². The number of fused-ring (bicyclic) bond motifs is 2. The number of amides is 1. The minimum atomic E-state index is -3.97. The van der Waals surface area contributed by atoms with Gasteiger partial charge in [0.2, 0.25) is 15.8 Å². The van der Waals surface area contributed by atoms with Crippen LogP contribution in [-0.4, -0.2) is 29.0 Å². The fourth-order valence-electron chi connectivity index (χ4n) is 5.00. The SMILES string of the molecule is O=C(NCc1ccc(F)cc1)c1nc2n(c(=O)c1O)CC1CCC2(NS(=O)(=O)c2ccccc2)CC1. The molecule has 11 heteroatoms. The molecule has 0 unspecified atom stereocenters. The molecular formula is C25H25FN4O5S. The number of hydrogen-bond acceptors (Lipinski definition) is 6. The second-order valence-electron chi connectivity index (χ2n) is 9.30. The van der Waals surface area contributed by atoms with Gasteiger partial charge in [0.1, 0.15) is 11.6 Å². The monoisotopic (exact) mass is 512 g/mol. The second-order valence-corrected chi connectivity index (χ2v) is 11.0. The normalized spacial score (nSPS) is 21.0. The Hall–Kier alpha value is -3.57. The van der Waals surface area contributed by atoms with Crippen molar-refractivity contribution >= 4 is 15.9 Å². The smallest absolute Gasteiger partial charge is 0.296 e. The van der Waals surface area contributed by atoms with E-state index in [1.807, 2.05) is 0 Å². The molecule has 1 amide bonds. The molecule has 9 nitrogen and oxygen atoms in total. The fraction of sp³-hybridized carbons (Fsp3) is 0.320. The number of rotatable bonds is 6. The van der Waals surface area contributed by atoms with Crippen molar-refractivity contribution < 1.29 is 22.7 Å². The molecule has 36 heavy (non-hydrogen) atoms. The predicted molar refractivity (Wildman–Crippen MR) is 128 cm³/mol. The van der Waals surface area contributed by atoms with Crippen LogP contribution in [0.1, 0.15) is 47.6 Å². The largest absolute Gasteiger partial charge is 0.501 e. The average molecular weight is 513 g/mol. The highest BCUT2D eigenvalue weighted by atomic mass is 32.2. The molecular weight excluding hydrogens is 487 g/mol. The van der Waals surface area contributed by atoms with Gasteiger partial charge in [0, 0.05) is 13.1 Å². The number of sulfonamides is 1. The Morgan fingerprint density at radius 2 is 1.78 bits per heavy atom. The molecule has 1 saturated carbocycles. The maximum Gasteiger partial charge on any atom is 0.296 e. The Bertz CT molecular complexity index is 1460. The summed E-state index contributed by atoms with van der Waals surface area (Å²) in [4.78, 5) is 30.6. The van der Waals surface area contributed by atoms with Gasteiger partial charge in [-0.1, -0.05) is 30.3 Å². The third-order valence-electron chi connectivity index (χ3n) is 6.94. The Kier molecular flexibility index (Phi) is 6.13. The molecule has 1 aliphatic carbocycles. The van der Waals surface area contributed by atoms with Crippen LogP contribution < -0.4 is 15.6 Å². The Morgan fingerprint density at radius 3 is 2.44 bits per heavy atom. The van der Waals surface area contributed by atoms with Crippen molar-refractivity contribution in [1.82, 2.24) is 19.6 Å². The first-order chi connectivity index (χ1) is 17.2. The van der Waals surface area contributed by atoms with Gasteiger partial charge in [-0.25, -0.2) is 17.8 Å². The van der Waals surface area contributed by atoms with E-state index in [-0.39, 0.29) is 29.7 Å². The minimum absolute atomic E-state index is 0.0203. The molecule has 3 aliphatic rings. The van der Waals surface area contributed by atoms with Crippen molar-refractivity contribution in [1.29, 1.82) is 0 Å². The van der Waals surface area contributed by atoms with E-state index in [0.29, 0.717) is 31.2 Å². The zero-order valence-electron chi connectivity index (χ0n) is 19.3. The molecule has 2 aliphatic heterocycles. The van der Waals surface area contributed by atoms with Crippen LogP contribution in [0.2, 0.25) is 0 Å². The van der Waals surface area contributed by atoms with Gasteiger partial charge in [0.25, 0.3) is 11.5 Å². The maximum atomic E-state index is 13.3. The van der Waals surface area contributed by atoms with Gasteiger partial charge in [-0.3, -0.25) is 14.2 Å². The molecule has 3 heterocycles. The molecule has 1 fully saturated rings. The van der Waals surface area contributed by atoms with Crippen LogP contribution in [0.3, 0.4) is 0 Å². The van der Waals surface area contributed by atoms with Gasteiger partial charge in [-0.2, -0.15) is 4.72 Å². The van der Waals surface area contributed by atoms with Crippen molar-refractivity contribution in [2.45, 2.75) is 49.2 Å². The van der Waals surface area contributed by atoms with Crippen LogP contribution in [-0.2, 0) is 28.7 Å². The Balaban J connectivity index is 1.53. The topological polar surface area (TPSA) is 130 Å². The molecule has 2 bridgehead atoms. The van der Waals surface area contributed by atoms with Gasteiger partial charge >= 0.3 is 0 Å². The number of halogens is 1. The zero-order valence-corrected chi connectivity index (χ0v) is 20.1. The van der Waals surface area contributed by atoms with Crippen molar-refractivity contribution in [3.05, 3.63) is 87.9 Å². The molecule has 0 atom stereocenters. The van der Waals surface area contributed by atoms with Gasteiger partial charge in [-0.05, 0) is 61.4 Å². The first-order valence-corrected chi connectivity index (χ1v) is 13.1. The minimum Gasteiger partial charge on any atom is -0.501 e. The van der Waals surface area contributed by atoms with Crippen LogP contribution in [0.4, 0.5) is 4.39 Å². The molecule has 188 valence electrons. The first-order valence-electron chi connectivity index (χ1n) is 11.6. The van der Waals surface area contributed by atoms with E-state index in [9.17, 15) is 27.5 Å².